The zero-order valence-corrected chi connectivity index (χ0v) is 17.2. The molecule has 4 rings (SSSR count). The number of aromatic nitrogens is 4. The van der Waals surface area contributed by atoms with Crippen molar-refractivity contribution >= 4 is 5.91 Å². The monoisotopic (exact) mass is 499 g/mol. The van der Waals surface area contributed by atoms with Crippen LogP contribution in [0.5, 0.6) is 0 Å². The van der Waals surface area contributed by atoms with E-state index in [9.17, 15) is 44.7 Å². The molecule has 0 aromatic carbocycles. The van der Waals surface area contributed by atoms with Crippen molar-refractivity contribution in [3.63, 3.8) is 0 Å². The number of hydrogen-bond donors (Lipinski definition) is 0. The van der Waals surface area contributed by atoms with Crippen molar-refractivity contribution in [1.82, 2.24) is 24.2 Å². The van der Waals surface area contributed by atoms with Gasteiger partial charge in [0.15, 0.2) is 11.5 Å². The van der Waals surface area contributed by atoms with Gasteiger partial charge in [0.1, 0.15) is 18.0 Å². The minimum Gasteiger partial charge on any atom is -0.338 e. The van der Waals surface area contributed by atoms with E-state index in [1.54, 1.807) is 0 Å². The van der Waals surface area contributed by atoms with Gasteiger partial charge in [-0.05, 0) is 18.9 Å². The zero-order valence-electron chi connectivity index (χ0n) is 17.2. The van der Waals surface area contributed by atoms with Crippen LogP contribution in [0.4, 0.5) is 35.1 Å². The fourth-order valence-electron chi connectivity index (χ4n) is 4.25. The van der Waals surface area contributed by atoms with E-state index in [0.29, 0.717) is 10.9 Å². The molecule has 2 aromatic heterocycles. The molecule has 3 atom stereocenters. The second kappa shape index (κ2) is 8.34. The number of fused-ring (bicyclic) bond motifs is 1. The summed E-state index contributed by atoms with van der Waals surface area (Å²) in [6, 6.07) is -0.753. The lowest BCUT2D eigenvalue weighted by atomic mass is 9.91. The lowest BCUT2D eigenvalue weighted by Crippen LogP contribution is -2.45. The number of pyridine rings is 1. The van der Waals surface area contributed by atoms with Crippen LogP contribution in [0.3, 0.4) is 0 Å². The number of hydrogen-bond acceptors (Lipinski definition) is 4. The molecule has 0 spiro atoms. The first-order chi connectivity index (χ1) is 15.8. The Balaban J connectivity index is 1.73. The van der Waals surface area contributed by atoms with Gasteiger partial charge in [0.25, 0.3) is 0 Å². The predicted octanol–water partition coefficient (Wildman–Crippen LogP) is 2.88. The molecule has 2 aliphatic heterocycles. The summed E-state index contributed by atoms with van der Waals surface area (Å²) in [5.41, 5.74) is -3.52. The summed E-state index contributed by atoms with van der Waals surface area (Å²) < 4.78 is 108. The van der Waals surface area contributed by atoms with Gasteiger partial charge >= 0.3 is 18.0 Å². The molecule has 15 heteroatoms. The van der Waals surface area contributed by atoms with Gasteiger partial charge in [0.05, 0.1) is 19.0 Å². The Labute approximate surface area is 186 Å². The zero-order chi connectivity index (χ0) is 25.0. The van der Waals surface area contributed by atoms with E-state index < -0.39 is 84.4 Å². The SMILES string of the molecule is O=C(C1CC(C(F)(F)F)Cc2nn(Cc3ccnc(C(F)(F)F)c3F)c(=O)n21)N1CC[C@H](F)C1. The maximum absolute atomic E-state index is 14.4. The predicted molar refractivity (Wildman–Crippen MR) is 97.8 cm³/mol. The molecule has 2 unspecified atom stereocenters. The highest BCUT2D eigenvalue weighted by Crippen LogP contribution is 2.39. The maximum atomic E-state index is 14.4. The molecule has 186 valence electrons. The summed E-state index contributed by atoms with van der Waals surface area (Å²) in [7, 11) is 0. The number of carbonyl (C=O) groups is 1. The molecular formula is C19H17F8N5O2. The standard InChI is InChI=1S/C19H17F8N5O2/c20-11-2-4-30(8-11)16(33)12-5-10(18(22,23)24)6-13-29-31(17(34)32(12)13)7-9-1-3-28-15(14(9)21)19(25,26)27/h1,3,10-12H,2,4-8H2/t10?,11-,12?/m0/s1. The number of carbonyl (C=O) groups excluding carboxylic acids is 1. The van der Waals surface area contributed by atoms with Crippen LogP contribution in [0, 0.1) is 11.7 Å². The van der Waals surface area contributed by atoms with Gasteiger partial charge in [-0.1, -0.05) is 0 Å². The molecule has 0 aliphatic carbocycles. The van der Waals surface area contributed by atoms with Gasteiger partial charge in [0, 0.05) is 24.7 Å². The summed E-state index contributed by atoms with van der Waals surface area (Å²) >= 11 is 0. The summed E-state index contributed by atoms with van der Waals surface area (Å²) in [6.45, 7) is -1.19. The van der Waals surface area contributed by atoms with Crippen LogP contribution in [0.2, 0.25) is 0 Å². The molecule has 1 fully saturated rings. The number of halogens is 8. The van der Waals surface area contributed by atoms with Crippen molar-refractivity contribution in [2.24, 2.45) is 5.92 Å². The van der Waals surface area contributed by atoms with Gasteiger partial charge in [-0.15, -0.1) is 0 Å². The van der Waals surface area contributed by atoms with Crippen LogP contribution in [0.1, 0.15) is 36.0 Å². The van der Waals surface area contributed by atoms with Crippen molar-refractivity contribution in [2.45, 2.75) is 50.4 Å². The average Bonchev–Trinajstić information content (AvgIpc) is 3.30. The van der Waals surface area contributed by atoms with Crippen LogP contribution in [-0.2, 0) is 23.9 Å². The Hall–Kier alpha value is -3.00. The largest absolute Gasteiger partial charge is 0.436 e. The number of alkyl halides is 7. The number of amides is 1. The first-order valence-electron chi connectivity index (χ1n) is 10.2. The van der Waals surface area contributed by atoms with E-state index in [1.807, 2.05) is 0 Å². The lowest BCUT2D eigenvalue weighted by molar-refractivity contribution is -0.183. The van der Waals surface area contributed by atoms with Crippen LogP contribution < -0.4 is 5.69 Å². The van der Waals surface area contributed by atoms with E-state index in [2.05, 4.69) is 10.1 Å². The van der Waals surface area contributed by atoms with Crippen molar-refractivity contribution in [1.29, 1.82) is 0 Å². The number of nitrogens with zero attached hydrogens (tertiary/aromatic N) is 5. The molecule has 0 N–H and O–H groups in total. The third kappa shape index (κ3) is 4.39. The molecule has 4 heterocycles. The minimum atomic E-state index is -5.11. The van der Waals surface area contributed by atoms with E-state index >= 15 is 0 Å². The summed E-state index contributed by atoms with van der Waals surface area (Å²) in [5, 5.41) is 3.77. The molecule has 0 saturated carbocycles. The lowest BCUT2D eigenvalue weighted by Gasteiger charge is -2.32. The Morgan fingerprint density at radius 1 is 1.18 bits per heavy atom. The highest BCUT2D eigenvalue weighted by atomic mass is 19.4. The van der Waals surface area contributed by atoms with Crippen LogP contribution in [-0.4, -0.2) is 55.6 Å². The average molecular weight is 499 g/mol. The molecule has 0 bridgehead atoms. The first-order valence-corrected chi connectivity index (χ1v) is 10.2. The quantitative estimate of drug-likeness (QED) is 0.609. The third-order valence-electron chi connectivity index (χ3n) is 5.94. The van der Waals surface area contributed by atoms with E-state index in [4.69, 9.17) is 0 Å². The summed E-state index contributed by atoms with van der Waals surface area (Å²) in [4.78, 5) is 29.8. The highest BCUT2D eigenvalue weighted by Gasteiger charge is 2.48. The molecule has 34 heavy (non-hydrogen) atoms. The Bertz CT molecular complexity index is 1160. The van der Waals surface area contributed by atoms with Gasteiger partial charge < -0.3 is 4.90 Å². The molecule has 7 nitrogen and oxygen atoms in total. The van der Waals surface area contributed by atoms with Gasteiger partial charge in [-0.2, -0.15) is 31.4 Å². The van der Waals surface area contributed by atoms with Crippen LogP contribution in [0.15, 0.2) is 17.1 Å². The third-order valence-corrected chi connectivity index (χ3v) is 5.94. The second-order valence-corrected chi connectivity index (χ2v) is 8.22. The molecular weight excluding hydrogens is 482 g/mol. The molecule has 1 amide bonds. The van der Waals surface area contributed by atoms with Crippen LogP contribution in [0.25, 0.3) is 0 Å². The second-order valence-electron chi connectivity index (χ2n) is 8.22. The van der Waals surface area contributed by atoms with Crippen molar-refractivity contribution in [2.75, 3.05) is 13.1 Å². The highest BCUT2D eigenvalue weighted by molar-refractivity contribution is 5.81. The van der Waals surface area contributed by atoms with Crippen molar-refractivity contribution in [3.8, 4) is 0 Å². The molecule has 2 aliphatic rings. The normalized spacial score (nSPS) is 23.3. The Kier molecular flexibility index (Phi) is 5.92. The maximum Gasteiger partial charge on any atom is 0.436 e. The Morgan fingerprint density at radius 2 is 1.88 bits per heavy atom. The van der Waals surface area contributed by atoms with E-state index in [0.717, 1.165) is 15.5 Å². The van der Waals surface area contributed by atoms with Crippen molar-refractivity contribution in [3.05, 3.63) is 45.6 Å². The van der Waals surface area contributed by atoms with Crippen molar-refractivity contribution < 1.29 is 39.9 Å². The molecule has 1 saturated heterocycles. The van der Waals surface area contributed by atoms with Gasteiger partial charge in [-0.3, -0.25) is 9.36 Å². The van der Waals surface area contributed by atoms with Gasteiger partial charge in [-0.25, -0.2) is 23.2 Å². The fraction of sp³-hybridized carbons (Fsp3) is 0.579. The topological polar surface area (TPSA) is 73.0 Å². The fourth-order valence-corrected chi connectivity index (χ4v) is 4.25. The Morgan fingerprint density at radius 3 is 2.47 bits per heavy atom. The minimum absolute atomic E-state index is 0.00500. The van der Waals surface area contributed by atoms with E-state index in [-0.39, 0.29) is 19.5 Å². The number of rotatable bonds is 3. The molecule has 2 aromatic rings. The van der Waals surface area contributed by atoms with E-state index in [1.165, 1.54) is 0 Å². The summed E-state index contributed by atoms with van der Waals surface area (Å²) in [5.74, 6) is -5.08. The smallest absolute Gasteiger partial charge is 0.338 e. The number of likely N-dealkylation sites (tertiary alicyclic amines) is 1. The summed E-state index contributed by atoms with van der Waals surface area (Å²) in [6.07, 6.45) is -12.0. The van der Waals surface area contributed by atoms with Gasteiger partial charge in [0.2, 0.25) is 5.91 Å². The van der Waals surface area contributed by atoms with Crippen LogP contribution >= 0.6 is 0 Å². The molecule has 0 radical (unpaired) electrons. The first kappa shape index (κ1) is 24.1.